The molecule has 0 aliphatic heterocycles. The molecule has 0 spiro atoms. The van der Waals surface area contributed by atoms with Crippen molar-refractivity contribution in [1.82, 2.24) is 4.98 Å². The van der Waals surface area contributed by atoms with Gasteiger partial charge in [-0.2, -0.15) is 0 Å². The summed E-state index contributed by atoms with van der Waals surface area (Å²) in [5.74, 6) is 1.50. The van der Waals surface area contributed by atoms with Crippen molar-refractivity contribution in [3.8, 4) is 11.5 Å². The van der Waals surface area contributed by atoms with E-state index in [0.29, 0.717) is 18.3 Å². The van der Waals surface area contributed by atoms with Gasteiger partial charge in [0.1, 0.15) is 5.15 Å². The number of hydrogen-bond donors (Lipinski definition) is 1. The van der Waals surface area contributed by atoms with Crippen LogP contribution >= 0.6 is 11.6 Å². The molecule has 0 amide bonds. The van der Waals surface area contributed by atoms with Gasteiger partial charge in [-0.25, -0.2) is 4.98 Å². The molecule has 0 radical (unpaired) electrons. The Labute approximate surface area is 123 Å². The van der Waals surface area contributed by atoms with Crippen LogP contribution in [0.15, 0.2) is 36.5 Å². The minimum absolute atomic E-state index is 0.463. The van der Waals surface area contributed by atoms with E-state index in [9.17, 15) is 0 Å². The molecular weight excluding hydrogens is 276 g/mol. The molecule has 0 bridgehead atoms. The third kappa shape index (κ3) is 3.54. The fourth-order valence-electron chi connectivity index (χ4n) is 1.91. The van der Waals surface area contributed by atoms with E-state index in [-0.39, 0.29) is 0 Å². The van der Waals surface area contributed by atoms with Gasteiger partial charge in [0, 0.05) is 24.0 Å². The Balaban J connectivity index is 2.14. The van der Waals surface area contributed by atoms with Crippen molar-refractivity contribution in [3.05, 3.63) is 47.2 Å². The highest BCUT2D eigenvalue weighted by Crippen LogP contribution is 2.31. The van der Waals surface area contributed by atoms with Crippen LogP contribution in [-0.2, 0) is 6.54 Å². The molecule has 0 saturated heterocycles. The Kier molecular flexibility index (Phi) is 5.07. The summed E-state index contributed by atoms with van der Waals surface area (Å²) in [6.07, 6.45) is 1.67. The standard InChI is InChI=1S/C15H17ClN2O2/c1-3-20-13-6-4-5-11(15(13)19-2)10-18-12-7-8-17-14(16)9-12/h4-9H,3,10H2,1-2H3,(H,17,18). The summed E-state index contributed by atoms with van der Waals surface area (Å²) in [6.45, 7) is 3.17. The fourth-order valence-corrected chi connectivity index (χ4v) is 2.08. The van der Waals surface area contributed by atoms with Crippen LogP contribution in [0.1, 0.15) is 12.5 Å². The SMILES string of the molecule is CCOc1cccc(CNc2ccnc(Cl)c2)c1OC. The smallest absolute Gasteiger partial charge is 0.165 e. The molecular formula is C15H17ClN2O2. The normalized spacial score (nSPS) is 10.2. The number of hydrogen-bond acceptors (Lipinski definition) is 4. The first-order valence-corrected chi connectivity index (χ1v) is 6.76. The van der Waals surface area contributed by atoms with E-state index in [1.54, 1.807) is 19.4 Å². The summed E-state index contributed by atoms with van der Waals surface area (Å²) >= 11 is 5.86. The zero-order valence-corrected chi connectivity index (χ0v) is 12.3. The van der Waals surface area contributed by atoms with Gasteiger partial charge in [0.25, 0.3) is 0 Å². The van der Waals surface area contributed by atoms with Crippen LogP contribution in [-0.4, -0.2) is 18.7 Å². The lowest BCUT2D eigenvalue weighted by Crippen LogP contribution is -2.04. The van der Waals surface area contributed by atoms with Crippen molar-refractivity contribution in [3.63, 3.8) is 0 Å². The minimum atomic E-state index is 0.463. The first-order chi connectivity index (χ1) is 9.74. The number of pyridine rings is 1. The summed E-state index contributed by atoms with van der Waals surface area (Å²) < 4.78 is 11.0. The van der Waals surface area contributed by atoms with Crippen LogP contribution in [0, 0.1) is 0 Å². The minimum Gasteiger partial charge on any atom is -0.493 e. The van der Waals surface area contributed by atoms with Crippen molar-refractivity contribution in [2.75, 3.05) is 19.0 Å². The molecule has 2 rings (SSSR count). The Bertz CT molecular complexity index is 576. The number of benzene rings is 1. The Morgan fingerprint density at radius 3 is 2.85 bits per heavy atom. The first-order valence-electron chi connectivity index (χ1n) is 6.38. The monoisotopic (exact) mass is 292 g/mol. The molecule has 0 fully saturated rings. The first kappa shape index (κ1) is 14.5. The average Bonchev–Trinajstić information content (AvgIpc) is 2.45. The van der Waals surface area contributed by atoms with E-state index < -0.39 is 0 Å². The number of halogens is 1. The van der Waals surface area contributed by atoms with Gasteiger partial charge in [0.15, 0.2) is 11.5 Å². The summed E-state index contributed by atoms with van der Waals surface area (Å²) in [4.78, 5) is 3.95. The van der Waals surface area contributed by atoms with Crippen molar-refractivity contribution in [1.29, 1.82) is 0 Å². The van der Waals surface area contributed by atoms with Crippen LogP contribution < -0.4 is 14.8 Å². The van der Waals surface area contributed by atoms with E-state index >= 15 is 0 Å². The van der Waals surface area contributed by atoms with E-state index in [1.807, 2.05) is 31.2 Å². The second-order valence-corrected chi connectivity index (χ2v) is 4.49. The van der Waals surface area contributed by atoms with Crippen LogP contribution in [0.3, 0.4) is 0 Å². The predicted molar refractivity (Wildman–Crippen MR) is 80.7 cm³/mol. The van der Waals surface area contributed by atoms with Gasteiger partial charge in [-0.15, -0.1) is 0 Å². The summed E-state index contributed by atoms with van der Waals surface area (Å²) in [5.41, 5.74) is 1.93. The van der Waals surface area contributed by atoms with E-state index in [4.69, 9.17) is 21.1 Å². The Hall–Kier alpha value is -1.94. The van der Waals surface area contributed by atoms with Gasteiger partial charge < -0.3 is 14.8 Å². The zero-order chi connectivity index (χ0) is 14.4. The maximum atomic E-state index is 5.86. The molecule has 5 heteroatoms. The third-order valence-corrected chi connectivity index (χ3v) is 2.98. The third-order valence-electron chi connectivity index (χ3n) is 2.77. The number of nitrogens with zero attached hydrogens (tertiary/aromatic N) is 1. The van der Waals surface area contributed by atoms with E-state index in [0.717, 1.165) is 22.7 Å². The zero-order valence-electron chi connectivity index (χ0n) is 11.5. The molecule has 2 aromatic rings. The molecule has 1 aromatic carbocycles. The van der Waals surface area contributed by atoms with Gasteiger partial charge in [-0.3, -0.25) is 0 Å². The summed E-state index contributed by atoms with van der Waals surface area (Å²) in [6, 6.07) is 9.49. The molecule has 0 atom stereocenters. The highest BCUT2D eigenvalue weighted by Gasteiger charge is 2.09. The number of aromatic nitrogens is 1. The molecule has 4 nitrogen and oxygen atoms in total. The molecule has 106 valence electrons. The highest BCUT2D eigenvalue weighted by atomic mass is 35.5. The number of methoxy groups -OCH3 is 1. The number of ether oxygens (including phenoxy) is 2. The second kappa shape index (κ2) is 7.01. The molecule has 0 aliphatic carbocycles. The largest absolute Gasteiger partial charge is 0.493 e. The van der Waals surface area contributed by atoms with Gasteiger partial charge in [0.05, 0.1) is 13.7 Å². The van der Waals surface area contributed by atoms with Crippen LogP contribution in [0.4, 0.5) is 5.69 Å². The van der Waals surface area contributed by atoms with Crippen molar-refractivity contribution < 1.29 is 9.47 Å². The van der Waals surface area contributed by atoms with Crippen LogP contribution in [0.5, 0.6) is 11.5 Å². The number of anilines is 1. The maximum absolute atomic E-state index is 5.86. The topological polar surface area (TPSA) is 43.4 Å². The highest BCUT2D eigenvalue weighted by molar-refractivity contribution is 6.29. The van der Waals surface area contributed by atoms with Gasteiger partial charge in [0.2, 0.25) is 0 Å². The summed E-state index contributed by atoms with van der Waals surface area (Å²) in [5, 5.41) is 3.75. The predicted octanol–water partition coefficient (Wildman–Crippen LogP) is 3.75. The number of para-hydroxylation sites is 1. The molecule has 1 aromatic heterocycles. The quantitative estimate of drug-likeness (QED) is 0.824. The molecule has 20 heavy (non-hydrogen) atoms. The lowest BCUT2D eigenvalue weighted by atomic mass is 10.2. The number of nitrogens with one attached hydrogen (secondary N) is 1. The van der Waals surface area contributed by atoms with Gasteiger partial charge >= 0.3 is 0 Å². The maximum Gasteiger partial charge on any atom is 0.165 e. The van der Waals surface area contributed by atoms with Crippen molar-refractivity contribution >= 4 is 17.3 Å². The Morgan fingerprint density at radius 2 is 2.15 bits per heavy atom. The second-order valence-electron chi connectivity index (χ2n) is 4.10. The Morgan fingerprint density at radius 1 is 1.30 bits per heavy atom. The van der Waals surface area contributed by atoms with Crippen molar-refractivity contribution in [2.24, 2.45) is 0 Å². The lowest BCUT2D eigenvalue weighted by Gasteiger charge is -2.14. The molecule has 1 heterocycles. The molecule has 0 aliphatic rings. The van der Waals surface area contributed by atoms with E-state index in [2.05, 4.69) is 10.3 Å². The number of rotatable bonds is 6. The van der Waals surface area contributed by atoms with E-state index in [1.165, 1.54) is 0 Å². The molecule has 1 N–H and O–H groups in total. The average molecular weight is 293 g/mol. The van der Waals surface area contributed by atoms with Gasteiger partial charge in [-0.05, 0) is 25.1 Å². The molecule has 0 saturated carbocycles. The summed E-state index contributed by atoms with van der Waals surface area (Å²) in [7, 11) is 1.64. The van der Waals surface area contributed by atoms with Crippen LogP contribution in [0.25, 0.3) is 0 Å². The molecule has 0 unspecified atom stereocenters. The van der Waals surface area contributed by atoms with Crippen LogP contribution in [0.2, 0.25) is 5.15 Å². The fraction of sp³-hybridized carbons (Fsp3) is 0.267. The van der Waals surface area contributed by atoms with Gasteiger partial charge in [-0.1, -0.05) is 23.7 Å². The van der Waals surface area contributed by atoms with Crippen molar-refractivity contribution in [2.45, 2.75) is 13.5 Å². The lowest BCUT2D eigenvalue weighted by molar-refractivity contribution is 0.309.